The van der Waals surface area contributed by atoms with Crippen LogP contribution in [0.1, 0.15) is 23.7 Å². The van der Waals surface area contributed by atoms with Crippen LogP contribution in [-0.4, -0.2) is 39.7 Å². The summed E-state index contributed by atoms with van der Waals surface area (Å²) in [4.78, 5) is 12.3. The maximum atomic E-state index is 12.2. The molecule has 0 unspecified atom stereocenters. The first-order chi connectivity index (χ1) is 9.54. The smallest absolute Gasteiger partial charge is 0.252 e. The minimum Gasteiger partial charge on any atom is -0.352 e. The van der Waals surface area contributed by atoms with Crippen LogP contribution in [0.3, 0.4) is 0 Å². The van der Waals surface area contributed by atoms with Crippen molar-refractivity contribution in [2.75, 3.05) is 25.4 Å². The zero-order valence-electron chi connectivity index (χ0n) is 12.0. The molecule has 0 bridgehead atoms. The van der Waals surface area contributed by atoms with Crippen molar-refractivity contribution in [2.24, 2.45) is 5.92 Å². The van der Waals surface area contributed by atoms with Gasteiger partial charge in [0.2, 0.25) is 0 Å². The van der Waals surface area contributed by atoms with E-state index >= 15 is 0 Å². The van der Waals surface area contributed by atoms with Gasteiger partial charge in [-0.05, 0) is 18.6 Å². The number of sulfone groups is 1. The van der Waals surface area contributed by atoms with Gasteiger partial charge in [0.05, 0.1) is 16.2 Å². The Hall–Kier alpha value is -1.11. The van der Waals surface area contributed by atoms with E-state index in [-0.39, 0.29) is 34.5 Å². The highest BCUT2D eigenvalue weighted by Crippen LogP contribution is 2.18. The number of nitrogens with one attached hydrogen (secondary N) is 2. The number of amides is 1. The van der Waals surface area contributed by atoms with Crippen molar-refractivity contribution in [1.82, 2.24) is 10.6 Å². The topological polar surface area (TPSA) is 75.3 Å². The molecule has 1 aromatic carbocycles. The minimum absolute atomic E-state index is 0. The van der Waals surface area contributed by atoms with E-state index in [0.717, 1.165) is 13.1 Å². The van der Waals surface area contributed by atoms with Crippen molar-refractivity contribution < 1.29 is 13.2 Å². The molecule has 5 nitrogen and oxygen atoms in total. The van der Waals surface area contributed by atoms with Crippen molar-refractivity contribution in [3.8, 4) is 0 Å². The molecule has 0 saturated carbocycles. The third kappa shape index (κ3) is 4.43. The van der Waals surface area contributed by atoms with Gasteiger partial charge in [0.1, 0.15) is 0 Å². The molecule has 0 spiro atoms. The van der Waals surface area contributed by atoms with Crippen LogP contribution in [0.15, 0.2) is 29.2 Å². The summed E-state index contributed by atoms with van der Waals surface area (Å²) < 4.78 is 24.3. The number of hydrogen-bond donors (Lipinski definition) is 2. The Kier molecular flexibility index (Phi) is 6.64. The largest absolute Gasteiger partial charge is 0.352 e. The summed E-state index contributed by atoms with van der Waals surface area (Å²) in [5.74, 6) is 0.189. The van der Waals surface area contributed by atoms with Gasteiger partial charge in [-0.1, -0.05) is 19.1 Å². The average Bonchev–Trinajstić information content (AvgIpc) is 2.36. The lowest BCUT2D eigenvalue weighted by Gasteiger charge is -2.27. The Morgan fingerprint density at radius 2 is 2.00 bits per heavy atom. The first kappa shape index (κ1) is 17.9. The number of rotatable bonds is 6. The van der Waals surface area contributed by atoms with Crippen LogP contribution in [0.2, 0.25) is 0 Å². The predicted molar refractivity (Wildman–Crippen MR) is 84.7 cm³/mol. The monoisotopic (exact) mass is 332 g/mol. The molecule has 0 aliphatic carbocycles. The van der Waals surface area contributed by atoms with Crippen molar-refractivity contribution in [2.45, 2.75) is 18.2 Å². The molecule has 2 rings (SSSR count). The fraction of sp³-hybridized carbons (Fsp3) is 0.500. The van der Waals surface area contributed by atoms with Gasteiger partial charge in [0.15, 0.2) is 9.84 Å². The lowest BCUT2D eigenvalue weighted by Crippen LogP contribution is -2.48. The van der Waals surface area contributed by atoms with Crippen LogP contribution in [0, 0.1) is 5.92 Å². The Balaban J connectivity index is 0.00000220. The van der Waals surface area contributed by atoms with Crippen molar-refractivity contribution >= 4 is 28.2 Å². The standard InChI is InChI=1S/C14H20N2O3S.ClH/c1-2-7-20(18,19)13-6-4-3-5-12(13)14(17)16-10-11-8-15-9-11;/h3-6,11,15H,2,7-10H2,1H3,(H,16,17);1H. The van der Waals surface area contributed by atoms with E-state index in [1.54, 1.807) is 18.2 Å². The summed E-state index contributed by atoms with van der Waals surface area (Å²) in [6.45, 7) is 4.18. The molecule has 1 saturated heterocycles. The molecule has 1 heterocycles. The number of hydrogen-bond acceptors (Lipinski definition) is 4. The van der Waals surface area contributed by atoms with Gasteiger partial charge in [-0.15, -0.1) is 12.4 Å². The molecule has 118 valence electrons. The summed E-state index contributed by atoms with van der Waals surface area (Å²) in [6, 6.07) is 6.40. The molecule has 1 amide bonds. The second-order valence-electron chi connectivity index (χ2n) is 5.05. The Morgan fingerprint density at radius 3 is 2.57 bits per heavy atom. The molecule has 0 aromatic heterocycles. The molecule has 1 aliphatic rings. The van der Waals surface area contributed by atoms with E-state index < -0.39 is 9.84 Å². The SMILES string of the molecule is CCCS(=O)(=O)c1ccccc1C(=O)NCC1CNC1.Cl. The van der Waals surface area contributed by atoms with Crippen LogP contribution in [0.4, 0.5) is 0 Å². The average molecular weight is 333 g/mol. The number of halogens is 1. The molecular formula is C14H21ClN2O3S. The quantitative estimate of drug-likeness (QED) is 0.822. The van der Waals surface area contributed by atoms with Crippen molar-refractivity contribution in [1.29, 1.82) is 0 Å². The fourth-order valence-corrected chi connectivity index (χ4v) is 3.67. The summed E-state index contributed by atoms with van der Waals surface area (Å²) in [7, 11) is -3.39. The number of carbonyl (C=O) groups is 1. The van der Waals surface area contributed by atoms with Gasteiger partial charge in [0, 0.05) is 25.6 Å². The van der Waals surface area contributed by atoms with Crippen molar-refractivity contribution in [3.63, 3.8) is 0 Å². The predicted octanol–water partition coefficient (Wildman–Crippen LogP) is 1.24. The zero-order chi connectivity index (χ0) is 14.6. The molecular weight excluding hydrogens is 312 g/mol. The Labute approximate surface area is 131 Å². The van der Waals surface area contributed by atoms with Gasteiger partial charge >= 0.3 is 0 Å². The first-order valence-corrected chi connectivity index (χ1v) is 8.50. The lowest BCUT2D eigenvalue weighted by atomic mass is 10.0. The summed E-state index contributed by atoms with van der Waals surface area (Å²) in [5.41, 5.74) is 0.244. The van der Waals surface area contributed by atoms with Crippen LogP contribution in [0.5, 0.6) is 0 Å². The molecule has 1 aromatic rings. The van der Waals surface area contributed by atoms with Gasteiger partial charge in [-0.2, -0.15) is 0 Å². The van der Waals surface area contributed by atoms with E-state index in [0.29, 0.717) is 18.9 Å². The molecule has 21 heavy (non-hydrogen) atoms. The van der Waals surface area contributed by atoms with E-state index in [1.165, 1.54) is 6.07 Å². The van der Waals surface area contributed by atoms with Gasteiger partial charge < -0.3 is 10.6 Å². The number of benzene rings is 1. The summed E-state index contributed by atoms with van der Waals surface area (Å²) in [6.07, 6.45) is 0.534. The highest BCUT2D eigenvalue weighted by atomic mass is 35.5. The van der Waals surface area contributed by atoms with Crippen LogP contribution < -0.4 is 10.6 Å². The van der Waals surface area contributed by atoms with E-state index in [9.17, 15) is 13.2 Å². The molecule has 2 N–H and O–H groups in total. The highest BCUT2D eigenvalue weighted by Gasteiger charge is 2.23. The van der Waals surface area contributed by atoms with Crippen LogP contribution in [-0.2, 0) is 9.84 Å². The highest BCUT2D eigenvalue weighted by molar-refractivity contribution is 7.91. The van der Waals surface area contributed by atoms with Crippen molar-refractivity contribution in [3.05, 3.63) is 29.8 Å². The second-order valence-corrected chi connectivity index (χ2v) is 7.13. The van der Waals surface area contributed by atoms with E-state index in [2.05, 4.69) is 10.6 Å². The summed E-state index contributed by atoms with van der Waals surface area (Å²) in [5, 5.41) is 5.94. The third-order valence-corrected chi connectivity index (χ3v) is 5.33. The number of carbonyl (C=O) groups excluding carboxylic acids is 1. The maximum absolute atomic E-state index is 12.2. The Morgan fingerprint density at radius 1 is 1.33 bits per heavy atom. The lowest BCUT2D eigenvalue weighted by molar-refractivity contribution is 0.0939. The van der Waals surface area contributed by atoms with Crippen LogP contribution >= 0.6 is 12.4 Å². The first-order valence-electron chi connectivity index (χ1n) is 6.85. The van der Waals surface area contributed by atoms with Crippen LogP contribution in [0.25, 0.3) is 0 Å². The van der Waals surface area contributed by atoms with E-state index in [4.69, 9.17) is 0 Å². The molecule has 1 aliphatic heterocycles. The molecule has 0 radical (unpaired) electrons. The fourth-order valence-electron chi connectivity index (χ4n) is 2.13. The molecule has 1 fully saturated rings. The summed E-state index contributed by atoms with van der Waals surface area (Å²) >= 11 is 0. The molecule has 0 atom stereocenters. The maximum Gasteiger partial charge on any atom is 0.252 e. The zero-order valence-corrected chi connectivity index (χ0v) is 13.6. The van der Waals surface area contributed by atoms with Gasteiger partial charge in [0.25, 0.3) is 5.91 Å². The molecule has 7 heteroatoms. The minimum atomic E-state index is -3.39. The second kappa shape index (κ2) is 7.77. The third-order valence-electron chi connectivity index (χ3n) is 3.36. The van der Waals surface area contributed by atoms with Gasteiger partial charge in [-0.3, -0.25) is 4.79 Å². The van der Waals surface area contributed by atoms with E-state index in [1.807, 2.05) is 6.92 Å². The van der Waals surface area contributed by atoms with Gasteiger partial charge in [-0.25, -0.2) is 8.42 Å². The normalized spacial score (nSPS) is 14.9. The Bertz CT molecular complexity index is 586.